The standard InChI is InChI=1S/C22H26FN3O/c1-2-24-22(25-16-21(27)19-8-10-20(23)11-9-19)26-14-12-18(13-15-26)17-6-4-3-5-7-17/h3-12,21,27H,2,13-16H2,1H3,(H,24,25). The van der Waals surface area contributed by atoms with Gasteiger partial charge in [0.1, 0.15) is 5.82 Å². The number of benzene rings is 2. The molecule has 0 aliphatic carbocycles. The van der Waals surface area contributed by atoms with Gasteiger partial charge in [0.15, 0.2) is 5.96 Å². The van der Waals surface area contributed by atoms with Crippen LogP contribution in [0.4, 0.5) is 4.39 Å². The smallest absolute Gasteiger partial charge is 0.194 e. The maximum atomic E-state index is 13.0. The van der Waals surface area contributed by atoms with E-state index in [0.717, 1.165) is 32.0 Å². The van der Waals surface area contributed by atoms with Crippen molar-refractivity contribution in [2.75, 3.05) is 26.2 Å². The zero-order valence-electron chi connectivity index (χ0n) is 15.6. The minimum absolute atomic E-state index is 0.236. The number of guanidine groups is 1. The molecule has 142 valence electrons. The van der Waals surface area contributed by atoms with Crippen LogP contribution in [-0.2, 0) is 0 Å². The molecule has 2 N–H and O–H groups in total. The summed E-state index contributed by atoms with van der Waals surface area (Å²) in [4.78, 5) is 6.78. The van der Waals surface area contributed by atoms with Crippen LogP contribution in [0.3, 0.4) is 0 Å². The van der Waals surface area contributed by atoms with Gasteiger partial charge in [0.05, 0.1) is 12.6 Å². The fourth-order valence-electron chi connectivity index (χ4n) is 3.17. The number of aliphatic hydroxyl groups is 1. The van der Waals surface area contributed by atoms with E-state index in [1.54, 1.807) is 12.1 Å². The van der Waals surface area contributed by atoms with Gasteiger partial charge < -0.3 is 15.3 Å². The van der Waals surface area contributed by atoms with Crippen molar-refractivity contribution < 1.29 is 9.50 Å². The first-order valence-electron chi connectivity index (χ1n) is 9.38. The predicted octanol–water partition coefficient (Wildman–Crippen LogP) is 3.61. The maximum absolute atomic E-state index is 13.0. The van der Waals surface area contributed by atoms with Crippen LogP contribution in [0, 0.1) is 5.82 Å². The van der Waals surface area contributed by atoms with E-state index >= 15 is 0 Å². The summed E-state index contributed by atoms with van der Waals surface area (Å²) >= 11 is 0. The summed E-state index contributed by atoms with van der Waals surface area (Å²) in [5, 5.41) is 13.6. The predicted molar refractivity (Wildman–Crippen MR) is 108 cm³/mol. The number of hydrogen-bond acceptors (Lipinski definition) is 2. The van der Waals surface area contributed by atoms with Crippen LogP contribution in [0.5, 0.6) is 0 Å². The zero-order valence-corrected chi connectivity index (χ0v) is 15.6. The van der Waals surface area contributed by atoms with Crippen molar-refractivity contribution in [3.8, 4) is 0 Å². The monoisotopic (exact) mass is 367 g/mol. The quantitative estimate of drug-likeness (QED) is 0.627. The van der Waals surface area contributed by atoms with Crippen LogP contribution in [0.2, 0.25) is 0 Å². The summed E-state index contributed by atoms with van der Waals surface area (Å²) in [6.45, 7) is 4.68. The summed E-state index contributed by atoms with van der Waals surface area (Å²) in [6, 6.07) is 16.3. The first-order valence-corrected chi connectivity index (χ1v) is 9.38. The second-order valence-electron chi connectivity index (χ2n) is 6.55. The Hall–Kier alpha value is -2.66. The topological polar surface area (TPSA) is 47.9 Å². The highest BCUT2D eigenvalue weighted by Gasteiger charge is 2.17. The van der Waals surface area contributed by atoms with Gasteiger partial charge in [-0.2, -0.15) is 0 Å². The van der Waals surface area contributed by atoms with Crippen molar-refractivity contribution in [2.45, 2.75) is 19.4 Å². The lowest BCUT2D eigenvalue weighted by molar-refractivity contribution is 0.186. The van der Waals surface area contributed by atoms with E-state index in [1.165, 1.54) is 23.3 Å². The Bertz CT molecular complexity index is 787. The third kappa shape index (κ3) is 5.17. The summed E-state index contributed by atoms with van der Waals surface area (Å²) in [7, 11) is 0. The van der Waals surface area contributed by atoms with Gasteiger partial charge in [-0.3, -0.25) is 4.99 Å². The van der Waals surface area contributed by atoms with E-state index in [-0.39, 0.29) is 12.4 Å². The van der Waals surface area contributed by atoms with Gasteiger partial charge in [0, 0.05) is 19.6 Å². The van der Waals surface area contributed by atoms with E-state index in [1.807, 2.05) is 13.0 Å². The molecule has 1 heterocycles. The SMILES string of the molecule is CCNC(=NCC(O)c1ccc(F)cc1)N1CC=C(c2ccccc2)CC1. The Balaban J connectivity index is 1.65. The summed E-state index contributed by atoms with van der Waals surface area (Å²) in [6.07, 6.45) is 2.44. The maximum Gasteiger partial charge on any atom is 0.194 e. The van der Waals surface area contributed by atoms with Crippen LogP contribution in [0.25, 0.3) is 5.57 Å². The van der Waals surface area contributed by atoms with Crippen LogP contribution in [0.15, 0.2) is 65.7 Å². The molecule has 0 saturated carbocycles. The molecule has 0 radical (unpaired) electrons. The average molecular weight is 367 g/mol. The molecule has 0 aromatic heterocycles. The van der Waals surface area contributed by atoms with Crippen molar-refractivity contribution >= 4 is 11.5 Å². The van der Waals surface area contributed by atoms with Gasteiger partial charge in [-0.25, -0.2) is 4.39 Å². The van der Waals surface area contributed by atoms with Crippen molar-refractivity contribution in [1.82, 2.24) is 10.2 Å². The molecule has 5 heteroatoms. The highest BCUT2D eigenvalue weighted by molar-refractivity contribution is 5.81. The number of hydrogen-bond donors (Lipinski definition) is 2. The van der Waals surface area contributed by atoms with E-state index in [2.05, 4.69) is 45.6 Å². The van der Waals surface area contributed by atoms with E-state index in [0.29, 0.717) is 5.56 Å². The summed E-state index contributed by atoms with van der Waals surface area (Å²) < 4.78 is 13.0. The molecule has 0 saturated heterocycles. The Morgan fingerprint density at radius 3 is 2.56 bits per heavy atom. The number of halogens is 1. The molecule has 0 amide bonds. The average Bonchev–Trinajstić information content (AvgIpc) is 2.72. The Kier molecular flexibility index (Phi) is 6.60. The molecular weight excluding hydrogens is 341 g/mol. The first-order chi connectivity index (χ1) is 13.2. The largest absolute Gasteiger partial charge is 0.386 e. The lowest BCUT2D eigenvalue weighted by Gasteiger charge is -2.30. The molecule has 2 aromatic carbocycles. The fourth-order valence-corrected chi connectivity index (χ4v) is 3.17. The molecular formula is C22H26FN3O. The molecule has 3 rings (SSSR count). The number of nitrogens with one attached hydrogen (secondary N) is 1. The molecule has 4 nitrogen and oxygen atoms in total. The lowest BCUT2D eigenvalue weighted by Crippen LogP contribution is -2.43. The van der Waals surface area contributed by atoms with Crippen LogP contribution >= 0.6 is 0 Å². The van der Waals surface area contributed by atoms with Gasteiger partial charge in [0.25, 0.3) is 0 Å². The van der Waals surface area contributed by atoms with E-state index in [9.17, 15) is 9.50 Å². The lowest BCUT2D eigenvalue weighted by atomic mass is 10.00. The molecule has 1 aliphatic rings. The summed E-state index contributed by atoms with van der Waals surface area (Å²) in [5.41, 5.74) is 3.29. The molecule has 27 heavy (non-hydrogen) atoms. The number of aliphatic imine (C=N–C) groups is 1. The number of nitrogens with zero attached hydrogens (tertiary/aromatic N) is 2. The van der Waals surface area contributed by atoms with Crippen LogP contribution < -0.4 is 5.32 Å². The second-order valence-corrected chi connectivity index (χ2v) is 6.55. The minimum atomic E-state index is -0.750. The highest BCUT2D eigenvalue weighted by Crippen LogP contribution is 2.22. The molecule has 2 aromatic rings. The molecule has 1 atom stereocenters. The van der Waals surface area contributed by atoms with Crippen molar-refractivity contribution in [2.24, 2.45) is 4.99 Å². The van der Waals surface area contributed by atoms with E-state index < -0.39 is 6.10 Å². The van der Waals surface area contributed by atoms with Gasteiger partial charge in [0.2, 0.25) is 0 Å². The number of aliphatic hydroxyl groups excluding tert-OH is 1. The number of rotatable bonds is 5. The molecule has 1 unspecified atom stereocenters. The second kappa shape index (κ2) is 9.33. The molecule has 0 spiro atoms. The first kappa shape index (κ1) is 19.1. The Morgan fingerprint density at radius 1 is 1.19 bits per heavy atom. The van der Waals surface area contributed by atoms with Crippen molar-refractivity contribution in [1.29, 1.82) is 0 Å². The van der Waals surface area contributed by atoms with Gasteiger partial charge >= 0.3 is 0 Å². The molecule has 0 fully saturated rings. The normalized spacial score (nSPS) is 16.0. The van der Waals surface area contributed by atoms with Crippen LogP contribution in [0.1, 0.15) is 30.6 Å². The fraction of sp³-hybridized carbons (Fsp3) is 0.318. The molecule has 0 bridgehead atoms. The Labute approximate surface area is 160 Å². The van der Waals surface area contributed by atoms with E-state index in [4.69, 9.17) is 0 Å². The molecule has 1 aliphatic heterocycles. The Morgan fingerprint density at radius 2 is 1.93 bits per heavy atom. The van der Waals surface area contributed by atoms with Gasteiger partial charge in [-0.05, 0) is 42.2 Å². The zero-order chi connectivity index (χ0) is 19.1. The van der Waals surface area contributed by atoms with Crippen molar-refractivity contribution in [3.05, 3.63) is 77.6 Å². The highest BCUT2D eigenvalue weighted by atomic mass is 19.1. The third-order valence-corrected chi connectivity index (χ3v) is 4.66. The third-order valence-electron chi connectivity index (χ3n) is 4.66. The van der Waals surface area contributed by atoms with Gasteiger partial charge in [-0.15, -0.1) is 0 Å². The van der Waals surface area contributed by atoms with Gasteiger partial charge in [-0.1, -0.05) is 48.5 Å². The van der Waals surface area contributed by atoms with Crippen molar-refractivity contribution in [3.63, 3.8) is 0 Å². The minimum Gasteiger partial charge on any atom is -0.386 e. The summed E-state index contributed by atoms with van der Waals surface area (Å²) in [5.74, 6) is 0.485. The van der Waals surface area contributed by atoms with Crippen LogP contribution in [-0.4, -0.2) is 42.1 Å².